The molecule has 2 rings (SSSR count). The maximum atomic E-state index is 12.0. The largest absolute Gasteiger partial charge is 0.346 e. The fraction of sp³-hybridized carbons (Fsp3) is 0.750. The third kappa shape index (κ3) is 3.25. The highest BCUT2D eigenvalue weighted by atomic mass is 32.2. The number of nitrogens with zero attached hydrogens (tertiary/aromatic N) is 2. The van der Waals surface area contributed by atoms with Crippen LogP contribution in [0.25, 0.3) is 0 Å². The molecule has 6 heteroatoms. The second kappa shape index (κ2) is 5.30. The minimum Gasteiger partial charge on any atom is -0.346 e. The van der Waals surface area contributed by atoms with E-state index in [0.29, 0.717) is 0 Å². The second-order valence-electron chi connectivity index (χ2n) is 5.65. The van der Waals surface area contributed by atoms with Crippen LogP contribution in [0, 0.1) is 0 Å². The van der Waals surface area contributed by atoms with Gasteiger partial charge >= 0.3 is 0 Å². The lowest BCUT2D eigenvalue weighted by Crippen LogP contribution is -2.38. The predicted octanol–water partition coefficient (Wildman–Crippen LogP) is 1.73. The quantitative estimate of drug-likeness (QED) is 0.857. The van der Waals surface area contributed by atoms with Gasteiger partial charge < -0.3 is 5.32 Å². The summed E-state index contributed by atoms with van der Waals surface area (Å²) in [5, 5.41) is 9.82. The molecule has 18 heavy (non-hydrogen) atoms. The van der Waals surface area contributed by atoms with Crippen molar-refractivity contribution < 1.29 is 4.79 Å². The van der Waals surface area contributed by atoms with E-state index in [1.807, 2.05) is 32.5 Å². The summed E-state index contributed by atoms with van der Waals surface area (Å²) in [4.78, 5) is 16.2. The first-order valence-corrected chi connectivity index (χ1v) is 7.44. The summed E-state index contributed by atoms with van der Waals surface area (Å²) >= 11 is 1.89. The molecule has 1 aliphatic rings. The van der Waals surface area contributed by atoms with Gasteiger partial charge in [0.15, 0.2) is 0 Å². The van der Waals surface area contributed by atoms with E-state index in [9.17, 15) is 4.79 Å². The van der Waals surface area contributed by atoms with E-state index in [1.165, 1.54) is 5.75 Å². The number of hydrogen-bond acceptors (Lipinski definition) is 4. The molecule has 1 saturated heterocycles. The van der Waals surface area contributed by atoms with Crippen LogP contribution in [-0.2, 0) is 5.41 Å². The summed E-state index contributed by atoms with van der Waals surface area (Å²) in [6, 6.07) is 0.257. The molecule has 100 valence electrons. The van der Waals surface area contributed by atoms with Crippen LogP contribution in [0.2, 0.25) is 0 Å². The molecule has 1 amide bonds. The minimum atomic E-state index is -0.172. The number of aromatic nitrogens is 3. The molecule has 1 fully saturated rings. The highest BCUT2D eigenvalue weighted by Crippen LogP contribution is 2.18. The van der Waals surface area contributed by atoms with Gasteiger partial charge in [-0.1, -0.05) is 20.8 Å². The van der Waals surface area contributed by atoms with Crippen molar-refractivity contribution in [1.29, 1.82) is 0 Å². The average Bonchev–Trinajstić information content (AvgIpc) is 2.79. The van der Waals surface area contributed by atoms with Crippen molar-refractivity contribution in [3.05, 3.63) is 11.6 Å². The Balaban J connectivity index is 1.98. The maximum absolute atomic E-state index is 12.0. The zero-order valence-corrected chi connectivity index (χ0v) is 11.9. The monoisotopic (exact) mass is 268 g/mol. The SMILES string of the molecule is CC(C)(C)c1nc(C(=O)NC2CCCSC2)n[nH]1. The van der Waals surface area contributed by atoms with Crippen molar-refractivity contribution in [2.75, 3.05) is 11.5 Å². The number of H-pyrrole nitrogens is 1. The number of thioether (sulfide) groups is 1. The van der Waals surface area contributed by atoms with Crippen LogP contribution in [0.1, 0.15) is 50.1 Å². The summed E-state index contributed by atoms with van der Waals surface area (Å²) in [7, 11) is 0. The molecular weight excluding hydrogens is 248 g/mol. The lowest BCUT2D eigenvalue weighted by molar-refractivity contribution is 0.0928. The molecule has 2 heterocycles. The molecule has 2 N–H and O–H groups in total. The number of hydrogen-bond donors (Lipinski definition) is 2. The van der Waals surface area contributed by atoms with Crippen LogP contribution < -0.4 is 5.32 Å². The highest BCUT2D eigenvalue weighted by Gasteiger charge is 2.23. The topological polar surface area (TPSA) is 70.7 Å². The summed E-state index contributed by atoms with van der Waals surface area (Å²) in [5.74, 6) is 3.00. The second-order valence-corrected chi connectivity index (χ2v) is 6.79. The Hall–Kier alpha value is -1.04. The Labute approximate surface area is 112 Å². The molecule has 0 saturated carbocycles. The predicted molar refractivity (Wildman–Crippen MR) is 72.9 cm³/mol. The minimum absolute atomic E-state index is 0.119. The van der Waals surface area contributed by atoms with E-state index in [0.717, 1.165) is 24.4 Å². The van der Waals surface area contributed by atoms with E-state index >= 15 is 0 Å². The lowest BCUT2D eigenvalue weighted by Gasteiger charge is -2.21. The van der Waals surface area contributed by atoms with Crippen molar-refractivity contribution in [3.63, 3.8) is 0 Å². The van der Waals surface area contributed by atoms with Gasteiger partial charge in [0.2, 0.25) is 5.82 Å². The molecule has 0 aliphatic carbocycles. The van der Waals surface area contributed by atoms with Crippen LogP contribution in [0.3, 0.4) is 0 Å². The van der Waals surface area contributed by atoms with Gasteiger partial charge in [-0.2, -0.15) is 11.8 Å². The average molecular weight is 268 g/mol. The zero-order valence-electron chi connectivity index (χ0n) is 11.1. The summed E-state index contributed by atoms with van der Waals surface area (Å²) in [6.45, 7) is 6.10. The third-order valence-electron chi connectivity index (χ3n) is 2.89. The Morgan fingerprint density at radius 3 is 2.83 bits per heavy atom. The van der Waals surface area contributed by atoms with Crippen molar-refractivity contribution in [3.8, 4) is 0 Å². The van der Waals surface area contributed by atoms with Crippen molar-refractivity contribution >= 4 is 17.7 Å². The van der Waals surface area contributed by atoms with Crippen LogP contribution in [0.5, 0.6) is 0 Å². The van der Waals surface area contributed by atoms with Crippen molar-refractivity contribution in [1.82, 2.24) is 20.5 Å². The normalized spacial score (nSPS) is 20.7. The maximum Gasteiger partial charge on any atom is 0.291 e. The summed E-state index contributed by atoms with van der Waals surface area (Å²) in [5.41, 5.74) is -0.119. The summed E-state index contributed by atoms with van der Waals surface area (Å²) in [6.07, 6.45) is 2.21. The van der Waals surface area contributed by atoms with Gasteiger partial charge in [-0.25, -0.2) is 4.98 Å². The Morgan fingerprint density at radius 1 is 1.50 bits per heavy atom. The number of carbonyl (C=O) groups excluding carboxylic acids is 1. The van der Waals surface area contributed by atoms with Gasteiger partial charge in [0, 0.05) is 17.2 Å². The van der Waals surface area contributed by atoms with Crippen molar-refractivity contribution in [2.24, 2.45) is 0 Å². The van der Waals surface area contributed by atoms with E-state index in [1.54, 1.807) is 0 Å². The first kappa shape index (κ1) is 13.4. The molecule has 1 aliphatic heterocycles. The van der Waals surface area contributed by atoms with Gasteiger partial charge in [0.25, 0.3) is 5.91 Å². The van der Waals surface area contributed by atoms with E-state index in [-0.39, 0.29) is 23.2 Å². The van der Waals surface area contributed by atoms with Gasteiger partial charge in [-0.3, -0.25) is 9.89 Å². The number of aromatic amines is 1. The molecular formula is C12H20N4OS. The fourth-order valence-corrected chi connectivity index (χ4v) is 2.88. The number of rotatable bonds is 2. The molecule has 1 atom stereocenters. The van der Waals surface area contributed by atoms with E-state index in [2.05, 4.69) is 20.5 Å². The van der Waals surface area contributed by atoms with Gasteiger partial charge in [-0.05, 0) is 18.6 Å². The van der Waals surface area contributed by atoms with Crippen LogP contribution in [0.15, 0.2) is 0 Å². The first-order chi connectivity index (χ1) is 8.47. The first-order valence-electron chi connectivity index (χ1n) is 6.28. The molecule has 0 aromatic carbocycles. The van der Waals surface area contributed by atoms with E-state index < -0.39 is 0 Å². The molecule has 1 unspecified atom stereocenters. The fourth-order valence-electron chi connectivity index (χ4n) is 1.80. The van der Waals surface area contributed by atoms with Gasteiger partial charge in [-0.15, -0.1) is 5.10 Å². The van der Waals surface area contributed by atoms with Crippen LogP contribution in [-0.4, -0.2) is 38.6 Å². The highest BCUT2D eigenvalue weighted by molar-refractivity contribution is 7.99. The Kier molecular flexibility index (Phi) is 3.94. The Morgan fingerprint density at radius 2 is 2.28 bits per heavy atom. The molecule has 0 radical (unpaired) electrons. The number of amides is 1. The van der Waals surface area contributed by atoms with Gasteiger partial charge in [0.1, 0.15) is 5.82 Å². The molecule has 0 bridgehead atoms. The molecule has 0 spiro atoms. The summed E-state index contributed by atoms with van der Waals surface area (Å²) < 4.78 is 0. The Bertz CT molecular complexity index is 418. The zero-order chi connectivity index (χ0) is 13.2. The van der Waals surface area contributed by atoms with Gasteiger partial charge in [0.05, 0.1) is 0 Å². The third-order valence-corrected chi connectivity index (χ3v) is 4.11. The number of carbonyl (C=O) groups is 1. The molecule has 1 aromatic heterocycles. The lowest BCUT2D eigenvalue weighted by atomic mass is 9.96. The van der Waals surface area contributed by atoms with Crippen LogP contribution >= 0.6 is 11.8 Å². The standard InChI is InChI=1S/C12H20N4OS/c1-12(2,3)11-14-9(15-16-11)10(17)13-8-5-4-6-18-7-8/h8H,4-7H2,1-3H3,(H,13,17)(H,14,15,16). The van der Waals surface area contributed by atoms with E-state index in [4.69, 9.17) is 0 Å². The molecule has 1 aromatic rings. The van der Waals surface area contributed by atoms with Crippen LogP contribution in [0.4, 0.5) is 0 Å². The number of nitrogens with one attached hydrogen (secondary N) is 2. The molecule has 5 nitrogen and oxygen atoms in total. The van der Waals surface area contributed by atoms with Crippen molar-refractivity contribution in [2.45, 2.75) is 45.1 Å². The smallest absolute Gasteiger partial charge is 0.291 e.